The molecule has 1 aliphatic carbocycles. The Labute approximate surface area is 163 Å². The van der Waals surface area contributed by atoms with Gasteiger partial charge in [-0.1, -0.05) is 35.9 Å². The van der Waals surface area contributed by atoms with Crippen LogP contribution in [-0.2, 0) is 6.42 Å². The van der Waals surface area contributed by atoms with Crippen LogP contribution in [0.15, 0.2) is 48.5 Å². The number of nitrogens with zero attached hydrogens (tertiary/aromatic N) is 2. The summed E-state index contributed by atoms with van der Waals surface area (Å²) in [5, 5.41) is 3.96. The van der Waals surface area contributed by atoms with E-state index in [1.807, 2.05) is 62.4 Å². The summed E-state index contributed by atoms with van der Waals surface area (Å²) in [4.78, 5) is 21.9. The van der Waals surface area contributed by atoms with Crippen LogP contribution in [0.4, 0.5) is 11.6 Å². The zero-order valence-corrected chi connectivity index (χ0v) is 16.0. The number of halogens is 1. The summed E-state index contributed by atoms with van der Waals surface area (Å²) in [5.74, 6) is 0.751. The number of nitrogens with one attached hydrogen (secondary N) is 1. The Bertz CT molecular complexity index is 1010. The van der Waals surface area contributed by atoms with E-state index in [2.05, 4.69) is 15.3 Å². The first-order valence-electron chi connectivity index (χ1n) is 8.99. The average molecular weight is 378 g/mol. The maximum absolute atomic E-state index is 12.7. The molecular weight excluding hydrogens is 358 g/mol. The van der Waals surface area contributed by atoms with E-state index in [0.717, 1.165) is 28.2 Å². The molecule has 0 fully saturated rings. The van der Waals surface area contributed by atoms with Crippen LogP contribution in [0, 0.1) is 13.8 Å². The lowest BCUT2D eigenvalue weighted by Crippen LogP contribution is -2.22. The van der Waals surface area contributed by atoms with Crippen molar-refractivity contribution in [3.05, 3.63) is 81.6 Å². The molecule has 0 spiro atoms. The predicted molar refractivity (Wildman–Crippen MR) is 108 cm³/mol. The van der Waals surface area contributed by atoms with Crippen LogP contribution in [0.25, 0.3) is 0 Å². The largest absolute Gasteiger partial charge is 0.324 e. The molecule has 136 valence electrons. The van der Waals surface area contributed by atoms with E-state index in [1.165, 1.54) is 0 Å². The van der Waals surface area contributed by atoms with Gasteiger partial charge in [-0.3, -0.25) is 4.79 Å². The molecule has 0 saturated heterocycles. The van der Waals surface area contributed by atoms with Gasteiger partial charge in [-0.2, -0.15) is 0 Å². The first kappa shape index (κ1) is 17.7. The van der Waals surface area contributed by atoms with Gasteiger partial charge in [0.25, 0.3) is 0 Å². The number of carbonyl (C=O) groups excluding carboxylic acids is 1. The summed E-state index contributed by atoms with van der Waals surface area (Å²) >= 11 is 5.99. The number of ketones is 1. The maximum Gasteiger partial charge on any atom is 0.227 e. The first-order valence-corrected chi connectivity index (χ1v) is 9.37. The highest BCUT2D eigenvalue weighted by atomic mass is 35.5. The number of Topliss-reactive ketones (excluding diaryl/α,β-unsaturated/α-hetero) is 1. The monoisotopic (exact) mass is 377 g/mol. The van der Waals surface area contributed by atoms with Gasteiger partial charge < -0.3 is 5.32 Å². The summed E-state index contributed by atoms with van der Waals surface area (Å²) in [5.41, 5.74) is 5.43. The summed E-state index contributed by atoms with van der Waals surface area (Å²) < 4.78 is 0. The van der Waals surface area contributed by atoms with E-state index in [1.54, 1.807) is 0 Å². The summed E-state index contributed by atoms with van der Waals surface area (Å²) in [6.07, 6.45) is 1.19. The van der Waals surface area contributed by atoms with E-state index < -0.39 is 0 Å². The van der Waals surface area contributed by atoms with Crippen molar-refractivity contribution in [2.45, 2.75) is 32.6 Å². The van der Waals surface area contributed by atoms with Gasteiger partial charge in [0.1, 0.15) is 0 Å². The standard InChI is InChI=1S/C22H20ClN3O/c1-13-4-3-5-18(10-13)25-22-24-14(2)21-19(26-22)11-16(12-20(21)27)15-6-8-17(23)9-7-15/h3-10,16H,11-12H2,1-2H3,(H,24,25,26)/t16-/m1/s1. The van der Waals surface area contributed by atoms with Gasteiger partial charge in [0.15, 0.2) is 5.78 Å². The summed E-state index contributed by atoms with van der Waals surface area (Å²) in [6.45, 7) is 3.92. The van der Waals surface area contributed by atoms with E-state index in [4.69, 9.17) is 11.6 Å². The average Bonchev–Trinajstić information content (AvgIpc) is 2.61. The van der Waals surface area contributed by atoms with Crippen molar-refractivity contribution in [2.75, 3.05) is 5.32 Å². The van der Waals surface area contributed by atoms with Crippen LogP contribution in [-0.4, -0.2) is 15.8 Å². The van der Waals surface area contributed by atoms with Gasteiger partial charge >= 0.3 is 0 Å². The number of aryl methyl sites for hydroxylation is 2. The molecule has 0 aliphatic heterocycles. The molecule has 1 aromatic heterocycles. The molecule has 0 saturated carbocycles. The van der Waals surface area contributed by atoms with Gasteiger partial charge in [-0.05, 0) is 61.6 Å². The van der Waals surface area contributed by atoms with Crippen molar-refractivity contribution in [2.24, 2.45) is 0 Å². The number of fused-ring (bicyclic) bond motifs is 1. The summed E-state index contributed by atoms with van der Waals surface area (Å²) in [7, 11) is 0. The highest BCUT2D eigenvalue weighted by Gasteiger charge is 2.29. The van der Waals surface area contributed by atoms with Gasteiger partial charge in [0, 0.05) is 17.1 Å². The lowest BCUT2D eigenvalue weighted by molar-refractivity contribution is 0.0962. The minimum atomic E-state index is 0.107. The molecular formula is C22H20ClN3O. The van der Waals surface area contributed by atoms with Crippen molar-refractivity contribution in [3.63, 3.8) is 0 Å². The zero-order chi connectivity index (χ0) is 19.0. The molecule has 1 atom stereocenters. The minimum Gasteiger partial charge on any atom is -0.324 e. The normalized spacial score (nSPS) is 16.1. The van der Waals surface area contributed by atoms with Crippen molar-refractivity contribution >= 4 is 29.0 Å². The van der Waals surface area contributed by atoms with Crippen molar-refractivity contribution in [3.8, 4) is 0 Å². The smallest absolute Gasteiger partial charge is 0.227 e. The molecule has 4 rings (SSSR count). The van der Waals surface area contributed by atoms with Crippen LogP contribution < -0.4 is 5.32 Å². The van der Waals surface area contributed by atoms with Crippen LogP contribution in [0.3, 0.4) is 0 Å². The second kappa shape index (κ2) is 7.12. The van der Waals surface area contributed by atoms with Gasteiger partial charge in [-0.25, -0.2) is 9.97 Å². The number of rotatable bonds is 3. The number of hydrogen-bond donors (Lipinski definition) is 1. The number of hydrogen-bond acceptors (Lipinski definition) is 4. The Balaban J connectivity index is 1.66. The Morgan fingerprint density at radius 3 is 2.56 bits per heavy atom. The highest BCUT2D eigenvalue weighted by Crippen LogP contribution is 2.34. The van der Waals surface area contributed by atoms with Crippen molar-refractivity contribution in [1.29, 1.82) is 0 Å². The van der Waals surface area contributed by atoms with E-state index in [0.29, 0.717) is 29.4 Å². The molecule has 0 bridgehead atoms. The fraction of sp³-hybridized carbons (Fsp3) is 0.227. The molecule has 1 aliphatic rings. The Kier molecular flexibility index (Phi) is 4.66. The van der Waals surface area contributed by atoms with Gasteiger partial charge in [-0.15, -0.1) is 0 Å². The number of benzene rings is 2. The Morgan fingerprint density at radius 1 is 1.04 bits per heavy atom. The third-order valence-corrected chi connectivity index (χ3v) is 5.18. The van der Waals surface area contributed by atoms with E-state index >= 15 is 0 Å². The van der Waals surface area contributed by atoms with Crippen molar-refractivity contribution < 1.29 is 4.79 Å². The molecule has 0 amide bonds. The number of aromatic nitrogens is 2. The molecule has 1 heterocycles. The summed E-state index contributed by atoms with van der Waals surface area (Å²) in [6, 6.07) is 15.8. The molecule has 5 heteroatoms. The SMILES string of the molecule is Cc1cccc(Nc2nc(C)c3c(n2)C[C@@H](c2ccc(Cl)cc2)CC3=O)c1. The minimum absolute atomic E-state index is 0.107. The molecule has 3 aromatic rings. The second-order valence-electron chi connectivity index (χ2n) is 7.03. The van der Waals surface area contributed by atoms with Crippen LogP contribution in [0.1, 0.15) is 45.2 Å². The lowest BCUT2D eigenvalue weighted by Gasteiger charge is -2.24. The van der Waals surface area contributed by atoms with Crippen LogP contribution >= 0.6 is 11.6 Å². The molecule has 2 aromatic carbocycles. The fourth-order valence-corrected chi connectivity index (χ4v) is 3.78. The van der Waals surface area contributed by atoms with Crippen LogP contribution in [0.2, 0.25) is 5.02 Å². The topological polar surface area (TPSA) is 54.9 Å². The Morgan fingerprint density at radius 2 is 1.81 bits per heavy atom. The highest BCUT2D eigenvalue weighted by molar-refractivity contribution is 6.30. The molecule has 0 radical (unpaired) electrons. The quantitative estimate of drug-likeness (QED) is 0.663. The fourth-order valence-electron chi connectivity index (χ4n) is 3.65. The van der Waals surface area contributed by atoms with Gasteiger partial charge in [0.05, 0.1) is 17.0 Å². The van der Waals surface area contributed by atoms with E-state index in [-0.39, 0.29) is 11.7 Å². The molecule has 1 N–H and O–H groups in total. The lowest BCUT2D eigenvalue weighted by atomic mass is 9.81. The maximum atomic E-state index is 12.7. The molecule has 4 nitrogen and oxygen atoms in total. The first-order chi connectivity index (χ1) is 13.0. The predicted octanol–water partition coefficient (Wildman–Crippen LogP) is 5.40. The van der Waals surface area contributed by atoms with Crippen LogP contribution in [0.5, 0.6) is 0 Å². The molecule has 27 heavy (non-hydrogen) atoms. The van der Waals surface area contributed by atoms with Crippen molar-refractivity contribution in [1.82, 2.24) is 9.97 Å². The Hall–Kier alpha value is -2.72. The second-order valence-corrected chi connectivity index (χ2v) is 7.47. The number of anilines is 2. The number of carbonyl (C=O) groups is 1. The molecule has 0 unspecified atom stereocenters. The third-order valence-electron chi connectivity index (χ3n) is 4.93. The zero-order valence-electron chi connectivity index (χ0n) is 15.3. The van der Waals surface area contributed by atoms with Gasteiger partial charge in [0.2, 0.25) is 5.95 Å². The third kappa shape index (κ3) is 3.71. The van der Waals surface area contributed by atoms with E-state index in [9.17, 15) is 4.79 Å².